The number of hydrogen-bond donors (Lipinski definition) is 2. The number of aryl methyl sites for hydroxylation is 1. The molecule has 2 aliphatic heterocycles. The molecular formula is C21H28N6O. The molecule has 148 valence electrons. The molecule has 28 heavy (non-hydrogen) atoms. The highest BCUT2D eigenvalue weighted by Gasteiger charge is 2.29. The summed E-state index contributed by atoms with van der Waals surface area (Å²) >= 11 is 0. The van der Waals surface area contributed by atoms with Gasteiger partial charge in [-0.15, -0.1) is 0 Å². The van der Waals surface area contributed by atoms with Gasteiger partial charge in [0.2, 0.25) is 0 Å². The molecule has 4 heterocycles. The highest BCUT2D eigenvalue weighted by Crippen LogP contribution is 2.26. The smallest absolute Gasteiger partial charge is 0.274 e. The van der Waals surface area contributed by atoms with Gasteiger partial charge in [-0.05, 0) is 45.1 Å². The van der Waals surface area contributed by atoms with Crippen LogP contribution in [-0.4, -0.2) is 44.1 Å². The lowest BCUT2D eigenvalue weighted by molar-refractivity contribution is 0.0726. The molecule has 3 aliphatic rings. The fourth-order valence-corrected chi connectivity index (χ4v) is 4.73. The number of amides is 1. The minimum Gasteiger partial charge on any atom is -0.332 e. The van der Waals surface area contributed by atoms with Crippen LogP contribution in [0.4, 0.5) is 0 Å². The summed E-state index contributed by atoms with van der Waals surface area (Å²) in [6.07, 6.45) is 11.8. The zero-order chi connectivity index (χ0) is 18.9. The second-order valence-corrected chi connectivity index (χ2v) is 8.27. The van der Waals surface area contributed by atoms with E-state index in [0.29, 0.717) is 18.8 Å². The van der Waals surface area contributed by atoms with Crippen LogP contribution in [0.2, 0.25) is 0 Å². The van der Waals surface area contributed by atoms with Crippen molar-refractivity contribution >= 4 is 5.91 Å². The van der Waals surface area contributed by atoms with E-state index in [9.17, 15) is 4.79 Å². The van der Waals surface area contributed by atoms with E-state index in [1.807, 2.05) is 11.1 Å². The van der Waals surface area contributed by atoms with Crippen LogP contribution in [0.5, 0.6) is 0 Å². The summed E-state index contributed by atoms with van der Waals surface area (Å²) < 4.78 is 0. The van der Waals surface area contributed by atoms with Crippen LogP contribution in [0, 0.1) is 0 Å². The number of carbonyl (C=O) groups excluding carboxylic acids is 1. The van der Waals surface area contributed by atoms with Crippen molar-refractivity contribution in [1.82, 2.24) is 30.4 Å². The largest absolute Gasteiger partial charge is 0.332 e. The highest BCUT2D eigenvalue weighted by atomic mass is 16.2. The molecule has 1 fully saturated rings. The normalized spacial score (nSPS) is 22.3. The predicted molar refractivity (Wildman–Crippen MR) is 105 cm³/mol. The average molecular weight is 380 g/mol. The summed E-state index contributed by atoms with van der Waals surface area (Å²) in [5.41, 5.74) is 5.10. The first-order valence-electron chi connectivity index (χ1n) is 10.7. The molecule has 0 radical (unpaired) electrons. The molecule has 1 amide bonds. The Morgan fingerprint density at radius 3 is 2.93 bits per heavy atom. The molecule has 2 aromatic rings. The number of hydrogen-bond acceptors (Lipinski definition) is 5. The number of carbonyl (C=O) groups is 1. The summed E-state index contributed by atoms with van der Waals surface area (Å²) in [5, 5.41) is 11.0. The van der Waals surface area contributed by atoms with E-state index in [1.54, 1.807) is 0 Å². The van der Waals surface area contributed by atoms with E-state index >= 15 is 0 Å². The lowest BCUT2D eigenvalue weighted by Gasteiger charge is -2.29. The maximum absolute atomic E-state index is 13.2. The lowest BCUT2D eigenvalue weighted by Crippen LogP contribution is -2.37. The molecule has 0 saturated carbocycles. The summed E-state index contributed by atoms with van der Waals surface area (Å²) in [6, 6.07) is 0.276. The molecule has 1 atom stereocenters. The molecule has 7 heteroatoms. The van der Waals surface area contributed by atoms with E-state index < -0.39 is 0 Å². The molecule has 0 spiro atoms. The minimum atomic E-state index is 0.0445. The third-order valence-electron chi connectivity index (χ3n) is 6.37. The van der Waals surface area contributed by atoms with E-state index in [4.69, 9.17) is 4.98 Å². The van der Waals surface area contributed by atoms with Gasteiger partial charge in [0.05, 0.1) is 11.7 Å². The van der Waals surface area contributed by atoms with Gasteiger partial charge in [-0.25, -0.2) is 9.97 Å². The summed E-state index contributed by atoms with van der Waals surface area (Å²) in [5.74, 6) is 0.957. The number of aromatic nitrogens is 4. The number of fused-ring (bicyclic) bond motifs is 2. The van der Waals surface area contributed by atoms with Crippen LogP contribution >= 0.6 is 0 Å². The molecule has 5 rings (SSSR count). The second-order valence-electron chi connectivity index (χ2n) is 8.27. The van der Waals surface area contributed by atoms with Crippen molar-refractivity contribution in [2.24, 2.45) is 0 Å². The first-order valence-corrected chi connectivity index (χ1v) is 10.7. The van der Waals surface area contributed by atoms with E-state index in [2.05, 4.69) is 20.5 Å². The Labute approximate surface area is 165 Å². The Kier molecular flexibility index (Phi) is 4.84. The van der Waals surface area contributed by atoms with Crippen molar-refractivity contribution in [2.75, 3.05) is 13.1 Å². The summed E-state index contributed by atoms with van der Waals surface area (Å²) in [4.78, 5) is 24.5. The molecule has 1 unspecified atom stereocenters. The zero-order valence-corrected chi connectivity index (χ0v) is 16.3. The third-order valence-corrected chi connectivity index (χ3v) is 6.37. The van der Waals surface area contributed by atoms with Crippen LogP contribution in [0.15, 0.2) is 6.20 Å². The van der Waals surface area contributed by atoms with Gasteiger partial charge in [-0.2, -0.15) is 5.10 Å². The van der Waals surface area contributed by atoms with Crippen molar-refractivity contribution in [3.8, 4) is 0 Å². The van der Waals surface area contributed by atoms with E-state index in [1.165, 1.54) is 25.7 Å². The SMILES string of the molecule is O=C(c1n[nH]c2c1CCCCC2)N1CCc2nc(C3CCCCN3)ncc2C1. The fourth-order valence-electron chi connectivity index (χ4n) is 4.73. The van der Waals surface area contributed by atoms with E-state index in [-0.39, 0.29) is 11.9 Å². The van der Waals surface area contributed by atoms with Crippen LogP contribution < -0.4 is 5.32 Å². The second kappa shape index (κ2) is 7.62. The van der Waals surface area contributed by atoms with E-state index in [0.717, 1.165) is 67.0 Å². The number of nitrogens with zero attached hydrogens (tertiary/aromatic N) is 4. The Morgan fingerprint density at radius 2 is 2.04 bits per heavy atom. The zero-order valence-electron chi connectivity index (χ0n) is 16.3. The molecule has 2 N–H and O–H groups in total. The van der Waals surface area contributed by atoms with Crippen LogP contribution in [0.3, 0.4) is 0 Å². The third kappa shape index (κ3) is 3.32. The monoisotopic (exact) mass is 380 g/mol. The Bertz CT molecular complexity index is 870. The maximum Gasteiger partial charge on any atom is 0.274 e. The number of H-pyrrole nitrogens is 1. The van der Waals surface area contributed by atoms with Gasteiger partial charge in [-0.3, -0.25) is 9.89 Å². The molecular weight excluding hydrogens is 352 g/mol. The molecule has 0 bridgehead atoms. The average Bonchev–Trinajstić information content (AvgIpc) is 3.01. The molecule has 2 aromatic heterocycles. The quantitative estimate of drug-likeness (QED) is 0.782. The Morgan fingerprint density at radius 1 is 1.11 bits per heavy atom. The van der Waals surface area contributed by atoms with Gasteiger partial charge >= 0.3 is 0 Å². The van der Waals surface area contributed by atoms with Crippen molar-refractivity contribution in [2.45, 2.75) is 70.4 Å². The van der Waals surface area contributed by atoms with Gasteiger partial charge in [0, 0.05) is 42.5 Å². The van der Waals surface area contributed by atoms with Crippen LogP contribution in [0.1, 0.15) is 83.4 Å². The van der Waals surface area contributed by atoms with Gasteiger partial charge < -0.3 is 10.2 Å². The van der Waals surface area contributed by atoms with Gasteiger partial charge in [0.1, 0.15) is 5.82 Å². The highest BCUT2D eigenvalue weighted by molar-refractivity contribution is 5.94. The van der Waals surface area contributed by atoms with Gasteiger partial charge in [-0.1, -0.05) is 12.8 Å². The minimum absolute atomic E-state index is 0.0445. The maximum atomic E-state index is 13.2. The van der Waals surface area contributed by atoms with Gasteiger partial charge in [0.15, 0.2) is 5.69 Å². The van der Waals surface area contributed by atoms with Crippen molar-refractivity contribution < 1.29 is 4.79 Å². The first kappa shape index (κ1) is 17.8. The van der Waals surface area contributed by atoms with Crippen molar-refractivity contribution in [3.63, 3.8) is 0 Å². The Hall–Kier alpha value is -2.28. The van der Waals surface area contributed by atoms with Crippen molar-refractivity contribution in [1.29, 1.82) is 0 Å². The number of piperidine rings is 1. The standard InChI is InChI=1S/C21H28N6O/c28-21(19-15-6-2-1-3-7-17(15)25-26-19)27-11-9-16-14(13-27)12-23-20(24-16)18-8-4-5-10-22-18/h12,18,22H,1-11,13H2,(H,25,26). The van der Waals surface area contributed by atoms with Crippen LogP contribution in [0.25, 0.3) is 0 Å². The number of nitrogens with one attached hydrogen (secondary N) is 2. The van der Waals surface area contributed by atoms with Gasteiger partial charge in [0.25, 0.3) is 5.91 Å². The Balaban J connectivity index is 1.33. The summed E-state index contributed by atoms with van der Waals surface area (Å²) in [7, 11) is 0. The molecule has 1 saturated heterocycles. The predicted octanol–water partition coefficient (Wildman–Crippen LogP) is 2.48. The molecule has 7 nitrogen and oxygen atoms in total. The lowest BCUT2D eigenvalue weighted by atomic mass is 10.0. The first-order chi connectivity index (χ1) is 13.8. The molecule has 0 aromatic carbocycles. The summed E-state index contributed by atoms with van der Waals surface area (Å²) in [6.45, 7) is 2.32. The number of rotatable bonds is 2. The van der Waals surface area contributed by atoms with Crippen molar-refractivity contribution in [3.05, 3.63) is 40.2 Å². The number of aromatic amines is 1. The molecule has 1 aliphatic carbocycles. The topological polar surface area (TPSA) is 86.8 Å². The van der Waals surface area contributed by atoms with Crippen LogP contribution in [-0.2, 0) is 25.8 Å². The fraction of sp³-hybridized carbons (Fsp3) is 0.619.